The van der Waals surface area contributed by atoms with Crippen LogP contribution in [-0.2, 0) is 4.74 Å². The fourth-order valence-electron chi connectivity index (χ4n) is 3.83. The van der Waals surface area contributed by atoms with Crippen LogP contribution in [-0.4, -0.2) is 44.3 Å². The summed E-state index contributed by atoms with van der Waals surface area (Å²) in [5, 5.41) is 3.48. The molecule has 1 aromatic rings. The van der Waals surface area contributed by atoms with Crippen molar-refractivity contribution < 1.29 is 4.74 Å². The van der Waals surface area contributed by atoms with E-state index in [0.29, 0.717) is 6.04 Å². The first-order valence-corrected chi connectivity index (χ1v) is 8.36. The van der Waals surface area contributed by atoms with Gasteiger partial charge in [-0.25, -0.2) is 0 Å². The Kier molecular flexibility index (Phi) is 8.88. The van der Waals surface area contributed by atoms with Crippen LogP contribution in [0.3, 0.4) is 0 Å². The van der Waals surface area contributed by atoms with Gasteiger partial charge in [0, 0.05) is 45.4 Å². The van der Waals surface area contributed by atoms with Crippen molar-refractivity contribution >= 4 is 24.8 Å². The zero-order valence-electron chi connectivity index (χ0n) is 14.2. The Morgan fingerprint density at radius 2 is 1.74 bits per heavy atom. The molecule has 1 atom stereocenters. The Morgan fingerprint density at radius 1 is 1.09 bits per heavy atom. The summed E-state index contributed by atoms with van der Waals surface area (Å²) >= 11 is 0. The minimum atomic E-state index is 0. The molecule has 0 spiro atoms. The van der Waals surface area contributed by atoms with Crippen molar-refractivity contribution in [2.24, 2.45) is 5.92 Å². The van der Waals surface area contributed by atoms with Gasteiger partial charge in [0.1, 0.15) is 0 Å². The van der Waals surface area contributed by atoms with E-state index in [0.717, 1.165) is 45.3 Å². The number of aryl methyl sites for hydroxylation is 1. The first-order chi connectivity index (χ1) is 10.3. The van der Waals surface area contributed by atoms with E-state index in [9.17, 15) is 0 Å². The highest BCUT2D eigenvalue weighted by Crippen LogP contribution is 2.37. The van der Waals surface area contributed by atoms with E-state index >= 15 is 0 Å². The van der Waals surface area contributed by atoms with E-state index in [1.165, 1.54) is 24.0 Å². The third-order valence-corrected chi connectivity index (χ3v) is 5.22. The zero-order chi connectivity index (χ0) is 14.7. The Balaban J connectivity index is 0.00000132. The molecule has 0 unspecified atom stereocenters. The minimum Gasteiger partial charge on any atom is -0.381 e. The van der Waals surface area contributed by atoms with Crippen LogP contribution in [0.2, 0.25) is 0 Å². The molecule has 2 aliphatic heterocycles. The molecular weight excluding hydrogens is 331 g/mol. The molecule has 1 N–H and O–H groups in total. The summed E-state index contributed by atoms with van der Waals surface area (Å²) in [7, 11) is 0. The van der Waals surface area contributed by atoms with Crippen molar-refractivity contribution in [3.8, 4) is 0 Å². The summed E-state index contributed by atoms with van der Waals surface area (Å²) in [5.74, 6) is 0.734. The van der Waals surface area contributed by atoms with Crippen molar-refractivity contribution in [3.63, 3.8) is 0 Å². The van der Waals surface area contributed by atoms with Crippen LogP contribution in [0.4, 0.5) is 0 Å². The number of hydrogen-bond acceptors (Lipinski definition) is 3. The quantitative estimate of drug-likeness (QED) is 0.892. The number of ether oxygens (including phenoxy) is 1. The number of rotatable bonds is 3. The molecule has 3 nitrogen and oxygen atoms in total. The molecule has 2 fully saturated rings. The summed E-state index contributed by atoms with van der Waals surface area (Å²) in [4.78, 5) is 2.70. The van der Waals surface area contributed by atoms with Gasteiger partial charge in [0.05, 0.1) is 0 Å². The smallest absolute Gasteiger partial charge is 0.0469 e. The predicted octanol–water partition coefficient (Wildman–Crippen LogP) is 3.52. The molecule has 0 aliphatic carbocycles. The molecule has 2 heterocycles. The van der Waals surface area contributed by atoms with Gasteiger partial charge in [-0.15, -0.1) is 24.8 Å². The average Bonchev–Trinajstić information content (AvgIpc) is 2.54. The molecule has 0 aromatic heterocycles. The van der Waals surface area contributed by atoms with Crippen molar-refractivity contribution in [3.05, 3.63) is 34.9 Å². The first-order valence-electron chi connectivity index (χ1n) is 8.36. The largest absolute Gasteiger partial charge is 0.381 e. The summed E-state index contributed by atoms with van der Waals surface area (Å²) in [5.41, 5.74) is 4.44. The standard InChI is InChI=1S/C18H28N2O.2ClH/c1-14-4-3-5-17(15(14)2)18(16-6-12-21-13-7-16)20-10-8-19-9-11-20;;/h3-5,16,18-19H,6-13H2,1-2H3;2*1H/t18-;;/m0../s1. The second-order valence-electron chi connectivity index (χ2n) is 6.47. The Hall–Kier alpha value is -0.320. The van der Waals surface area contributed by atoms with Gasteiger partial charge in [-0.2, -0.15) is 0 Å². The lowest BCUT2D eigenvalue weighted by Crippen LogP contribution is -2.47. The molecule has 5 heteroatoms. The summed E-state index contributed by atoms with van der Waals surface area (Å²) in [6.45, 7) is 10.9. The lowest BCUT2D eigenvalue weighted by molar-refractivity contribution is 0.0211. The van der Waals surface area contributed by atoms with Gasteiger partial charge in [0.25, 0.3) is 0 Å². The highest BCUT2D eigenvalue weighted by Gasteiger charge is 2.32. The van der Waals surface area contributed by atoms with Crippen molar-refractivity contribution in [2.75, 3.05) is 39.4 Å². The van der Waals surface area contributed by atoms with E-state index in [1.807, 2.05) is 0 Å². The topological polar surface area (TPSA) is 24.5 Å². The van der Waals surface area contributed by atoms with E-state index in [-0.39, 0.29) is 24.8 Å². The molecule has 2 aliphatic rings. The maximum Gasteiger partial charge on any atom is 0.0469 e. The lowest BCUT2D eigenvalue weighted by atomic mass is 9.83. The van der Waals surface area contributed by atoms with Crippen LogP contribution in [0.5, 0.6) is 0 Å². The number of piperazine rings is 1. The first kappa shape index (κ1) is 20.7. The van der Waals surface area contributed by atoms with Gasteiger partial charge in [0.2, 0.25) is 0 Å². The molecule has 0 saturated carbocycles. The lowest BCUT2D eigenvalue weighted by Gasteiger charge is -2.42. The minimum absolute atomic E-state index is 0. The SMILES string of the molecule is Cc1cccc([C@H](C2CCOCC2)N2CCNCC2)c1C.Cl.Cl. The van der Waals surface area contributed by atoms with Gasteiger partial charge in [0.15, 0.2) is 0 Å². The number of benzene rings is 1. The highest BCUT2D eigenvalue weighted by atomic mass is 35.5. The van der Waals surface area contributed by atoms with Crippen LogP contribution < -0.4 is 5.32 Å². The average molecular weight is 361 g/mol. The maximum absolute atomic E-state index is 5.60. The van der Waals surface area contributed by atoms with E-state index in [2.05, 4.69) is 42.3 Å². The molecule has 0 radical (unpaired) electrons. The molecule has 0 amide bonds. The molecule has 23 heavy (non-hydrogen) atoms. The molecule has 3 rings (SSSR count). The van der Waals surface area contributed by atoms with E-state index < -0.39 is 0 Å². The second kappa shape index (κ2) is 9.85. The van der Waals surface area contributed by atoms with E-state index in [1.54, 1.807) is 5.56 Å². The normalized spacial score (nSPS) is 21.1. The number of hydrogen-bond donors (Lipinski definition) is 1. The highest BCUT2D eigenvalue weighted by molar-refractivity contribution is 5.85. The van der Waals surface area contributed by atoms with Gasteiger partial charge < -0.3 is 10.1 Å². The zero-order valence-corrected chi connectivity index (χ0v) is 15.8. The van der Waals surface area contributed by atoms with E-state index in [4.69, 9.17) is 4.74 Å². The van der Waals surface area contributed by atoms with Crippen LogP contribution in [0.1, 0.15) is 35.6 Å². The second-order valence-corrected chi connectivity index (χ2v) is 6.47. The van der Waals surface area contributed by atoms with Crippen molar-refractivity contribution in [2.45, 2.75) is 32.7 Å². The molecule has 132 valence electrons. The fraction of sp³-hybridized carbons (Fsp3) is 0.667. The number of halogens is 2. The number of nitrogens with one attached hydrogen (secondary N) is 1. The van der Waals surface area contributed by atoms with Crippen LogP contribution in [0.25, 0.3) is 0 Å². The summed E-state index contributed by atoms with van der Waals surface area (Å²) < 4.78 is 5.60. The van der Waals surface area contributed by atoms with Crippen LogP contribution >= 0.6 is 24.8 Å². The fourth-order valence-corrected chi connectivity index (χ4v) is 3.83. The third kappa shape index (κ3) is 4.83. The molecular formula is C18H30Cl2N2O. The summed E-state index contributed by atoms with van der Waals surface area (Å²) in [6, 6.07) is 7.38. The molecule has 0 bridgehead atoms. The summed E-state index contributed by atoms with van der Waals surface area (Å²) in [6.07, 6.45) is 2.39. The van der Waals surface area contributed by atoms with Crippen LogP contribution in [0, 0.1) is 19.8 Å². The Labute approximate surface area is 153 Å². The third-order valence-electron chi connectivity index (χ3n) is 5.22. The van der Waals surface area contributed by atoms with Gasteiger partial charge in [-0.3, -0.25) is 4.90 Å². The monoisotopic (exact) mass is 360 g/mol. The van der Waals surface area contributed by atoms with Gasteiger partial charge >= 0.3 is 0 Å². The molecule has 2 saturated heterocycles. The van der Waals surface area contributed by atoms with Gasteiger partial charge in [-0.05, 0) is 49.3 Å². The van der Waals surface area contributed by atoms with Crippen LogP contribution in [0.15, 0.2) is 18.2 Å². The maximum atomic E-state index is 5.60. The molecule has 1 aromatic carbocycles. The predicted molar refractivity (Wildman–Crippen MR) is 101 cm³/mol. The van der Waals surface area contributed by atoms with Crippen molar-refractivity contribution in [1.29, 1.82) is 0 Å². The van der Waals surface area contributed by atoms with Gasteiger partial charge in [-0.1, -0.05) is 18.2 Å². The Bertz CT molecular complexity index is 454. The van der Waals surface area contributed by atoms with Crippen molar-refractivity contribution in [1.82, 2.24) is 10.2 Å². The Morgan fingerprint density at radius 3 is 2.39 bits per heavy atom. The number of nitrogens with zero attached hydrogens (tertiary/aromatic N) is 1.